The number of methoxy groups -OCH3 is 2. The van der Waals surface area contributed by atoms with Gasteiger partial charge in [-0.05, 0) is 37.6 Å². The molecule has 0 saturated carbocycles. The molecule has 3 rings (SSSR count). The van der Waals surface area contributed by atoms with E-state index in [0.29, 0.717) is 25.4 Å². The molecule has 0 spiro atoms. The molecule has 5 heteroatoms. The molecule has 0 atom stereocenters. The normalized spacial score (nSPS) is 11.0. The number of amides is 1. The summed E-state index contributed by atoms with van der Waals surface area (Å²) in [5, 5.41) is 1.09. The van der Waals surface area contributed by atoms with E-state index < -0.39 is 0 Å². The van der Waals surface area contributed by atoms with Crippen molar-refractivity contribution in [2.24, 2.45) is 0 Å². The van der Waals surface area contributed by atoms with Crippen molar-refractivity contribution in [3.05, 3.63) is 64.8 Å². The van der Waals surface area contributed by atoms with Gasteiger partial charge in [-0.15, -0.1) is 0 Å². The van der Waals surface area contributed by atoms with Crippen LogP contribution in [0.4, 0.5) is 0 Å². The summed E-state index contributed by atoms with van der Waals surface area (Å²) in [5.74, 6) is 0.737. The Labute approximate surface area is 159 Å². The number of benzene rings is 2. The van der Waals surface area contributed by atoms with Crippen molar-refractivity contribution in [2.75, 3.05) is 27.4 Å². The van der Waals surface area contributed by atoms with Crippen molar-refractivity contribution < 1.29 is 14.3 Å². The highest BCUT2D eigenvalue weighted by atomic mass is 16.5. The molecule has 1 aromatic heterocycles. The van der Waals surface area contributed by atoms with E-state index in [1.54, 1.807) is 19.1 Å². The van der Waals surface area contributed by atoms with Crippen LogP contribution in [0.5, 0.6) is 5.75 Å². The fraction of sp³-hybridized carbons (Fsp3) is 0.318. The largest absolute Gasteiger partial charge is 0.496 e. The molecule has 5 nitrogen and oxygen atoms in total. The summed E-state index contributed by atoms with van der Waals surface area (Å²) < 4.78 is 10.7. The van der Waals surface area contributed by atoms with Crippen LogP contribution in [-0.4, -0.2) is 43.2 Å². The van der Waals surface area contributed by atoms with Gasteiger partial charge in [0.25, 0.3) is 5.91 Å². The second-order valence-electron chi connectivity index (χ2n) is 6.71. The molecule has 0 fully saturated rings. The summed E-state index contributed by atoms with van der Waals surface area (Å²) in [6, 6.07) is 13.9. The lowest BCUT2D eigenvalue weighted by Gasteiger charge is -2.23. The minimum atomic E-state index is -0.0377. The van der Waals surface area contributed by atoms with E-state index in [0.717, 1.165) is 27.8 Å². The van der Waals surface area contributed by atoms with Gasteiger partial charge in [0.2, 0.25) is 0 Å². The van der Waals surface area contributed by atoms with E-state index in [-0.39, 0.29) is 5.91 Å². The predicted molar refractivity (Wildman–Crippen MR) is 107 cm³/mol. The number of hydrogen-bond donors (Lipinski definition) is 1. The number of hydrogen-bond acceptors (Lipinski definition) is 3. The first-order valence-electron chi connectivity index (χ1n) is 9.04. The van der Waals surface area contributed by atoms with Crippen LogP contribution < -0.4 is 4.74 Å². The first-order valence-corrected chi connectivity index (χ1v) is 9.04. The quantitative estimate of drug-likeness (QED) is 0.685. The van der Waals surface area contributed by atoms with Crippen molar-refractivity contribution >= 4 is 16.8 Å². The van der Waals surface area contributed by atoms with Crippen LogP contribution in [0.2, 0.25) is 0 Å². The smallest absolute Gasteiger partial charge is 0.270 e. The fourth-order valence-corrected chi connectivity index (χ4v) is 3.31. The highest BCUT2D eigenvalue weighted by Gasteiger charge is 2.22. The van der Waals surface area contributed by atoms with Gasteiger partial charge in [-0.2, -0.15) is 0 Å². The number of H-pyrrole nitrogens is 1. The number of nitrogens with zero attached hydrogens (tertiary/aromatic N) is 1. The zero-order valence-corrected chi connectivity index (χ0v) is 16.3. The SMILES string of the molecule is COCCN(Cc1ccccc1OC)C(=O)c1[nH]c2ccc(C)cc2c1C. The topological polar surface area (TPSA) is 54.6 Å². The Morgan fingerprint density at radius 1 is 1.11 bits per heavy atom. The van der Waals surface area contributed by atoms with Gasteiger partial charge in [0.1, 0.15) is 11.4 Å². The third-order valence-corrected chi connectivity index (χ3v) is 4.83. The van der Waals surface area contributed by atoms with Crippen LogP contribution in [0.1, 0.15) is 27.2 Å². The van der Waals surface area contributed by atoms with E-state index in [1.165, 1.54) is 5.56 Å². The first kappa shape index (κ1) is 19.0. The third kappa shape index (κ3) is 3.98. The van der Waals surface area contributed by atoms with Gasteiger partial charge in [-0.1, -0.05) is 29.8 Å². The summed E-state index contributed by atoms with van der Waals surface area (Å²) in [5.41, 5.74) is 4.72. The van der Waals surface area contributed by atoms with Crippen LogP contribution in [0, 0.1) is 13.8 Å². The van der Waals surface area contributed by atoms with Gasteiger partial charge in [-0.25, -0.2) is 0 Å². The zero-order valence-electron chi connectivity index (χ0n) is 16.3. The number of para-hydroxylation sites is 1. The number of rotatable bonds is 7. The lowest BCUT2D eigenvalue weighted by Crippen LogP contribution is -2.34. The standard InChI is InChI=1S/C22H26N2O3/c1-15-9-10-19-18(13-15)16(2)21(23-19)22(25)24(11-12-26-3)14-17-7-5-6-8-20(17)27-4/h5-10,13,23H,11-12,14H2,1-4H3. The number of nitrogens with one attached hydrogen (secondary N) is 1. The van der Waals surface area contributed by atoms with Crippen molar-refractivity contribution in [1.82, 2.24) is 9.88 Å². The monoisotopic (exact) mass is 366 g/mol. The average molecular weight is 366 g/mol. The van der Waals surface area contributed by atoms with Crippen LogP contribution >= 0.6 is 0 Å². The molecule has 0 aliphatic rings. The van der Waals surface area contributed by atoms with Crippen molar-refractivity contribution in [3.8, 4) is 5.75 Å². The zero-order chi connectivity index (χ0) is 19.4. The molecular formula is C22H26N2O3. The van der Waals surface area contributed by atoms with E-state index in [2.05, 4.69) is 18.0 Å². The molecule has 1 heterocycles. The maximum atomic E-state index is 13.3. The lowest BCUT2D eigenvalue weighted by molar-refractivity contribution is 0.0673. The molecule has 0 unspecified atom stereocenters. The van der Waals surface area contributed by atoms with E-state index in [9.17, 15) is 4.79 Å². The molecule has 0 aliphatic heterocycles. The summed E-state index contributed by atoms with van der Waals surface area (Å²) >= 11 is 0. The molecule has 1 N–H and O–H groups in total. The van der Waals surface area contributed by atoms with Gasteiger partial charge in [0, 0.05) is 36.7 Å². The molecule has 0 saturated heterocycles. The van der Waals surface area contributed by atoms with Crippen LogP contribution in [-0.2, 0) is 11.3 Å². The lowest BCUT2D eigenvalue weighted by atomic mass is 10.1. The Morgan fingerprint density at radius 2 is 1.89 bits per heavy atom. The molecular weight excluding hydrogens is 340 g/mol. The average Bonchev–Trinajstić information content (AvgIpc) is 3.01. The maximum absolute atomic E-state index is 13.3. The molecule has 27 heavy (non-hydrogen) atoms. The van der Waals surface area contributed by atoms with Crippen LogP contribution in [0.15, 0.2) is 42.5 Å². The number of carbonyl (C=O) groups excluding carboxylic acids is 1. The Balaban J connectivity index is 1.95. The van der Waals surface area contributed by atoms with Gasteiger partial charge >= 0.3 is 0 Å². The highest BCUT2D eigenvalue weighted by molar-refractivity contribution is 6.01. The number of ether oxygens (including phenoxy) is 2. The van der Waals surface area contributed by atoms with Gasteiger partial charge in [-0.3, -0.25) is 4.79 Å². The molecule has 1 amide bonds. The maximum Gasteiger partial charge on any atom is 0.270 e. The first-order chi connectivity index (χ1) is 13.0. The number of fused-ring (bicyclic) bond motifs is 1. The fourth-order valence-electron chi connectivity index (χ4n) is 3.31. The van der Waals surface area contributed by atoms with E-state index >= 15 is 0 Å². The van der Waals surface area contributed by atoms with Crippen molar-refractivity contribution in [3.63, 3.8) is 0 Å². The summed E-state index contributed by atoms with van der Waals surface area (Å²) in [6.07, 6.45) is 0. The number of aromatic nitrogens is 1. The molecule has 0 radical (unpaired) electrons. The highest BCUT2D eigenvalue weighted by Crippen LogP contribution is 2.25. The molecule has 142 valence electrons. The summed E-state index contributed by atoms with van der Waals surface area (Å²) in [4.78, 5) is 18.4. The number of aromatic amines is 1. The summed E-state index contributed by atoms with van der Waals surface area (Å²) in [6.45, 7) is 5.48. The van der Waals surface area contributed by atoms with Gasteiger partial charge < -0.3 is 19.4 Å². The number of aryl methyl sites for hydroxylation is 2. The summed E-state index contributed by atoms with van der Waals surface area (Å²) in [7, 11) is 3.28. The third-order valence-electron chi connectivity index (χ3n) is 4.83. The Kier molecular flexibility index (Phi) is 5.81. The molecule has 0 aliphatic carbocycles. The van der Waals surface area contributed by atoms with Gasteiger partial charge in [0.15, 0.2) is 0 Å². The second kappa shape index (κ2) is 8.27. The van der Waals surface area contributed by atoms with Crippen molar-refractivity contribution in [2.45, 2.75) is 20.4 Å². The molecule has 3 aromatic rings. The Bertz CT molecular complexity index is 946. The molecule has 2 aromatic carbocycles. The number of carbonyl (C=O) groups is 1. The van der Waals surface area contributed by atoms with Crippen LogP contribution in [0.25, 0.3) is 10.9 Å². The predicted octanol–water partition coefficient (Wildman–Crippen LogP) is 4.08. The van der Waals surface area contributed by atoms with E-state index in [4.69, 9.17) is 9.47 Å². The molecule has 0 bridgehead atoms. The minimum Gasteiger partial charge on any atom is -0.496 e. The minimum absolute atomic E-state index is 0.0377. The second-order valence-corrected chi connectivity index (χ2v) is 6.71. The van der Waals surface area contributed by atoms with Gasteiger partial charge in [0.05, 0.1) is 13.7 Å². The van der Waals surface area contributed by atoms with Crippen molar-refractivity contribution in [1.29, 1.82) is 0 Å². The van der Waals surface area contributed by atoms with E-state index in [1.807, 2.05) is 43.3 Å². The Hall–Kier alpha value is -2.79. The van der Waals surface area contributed by atoms with Crippen LogP contribution in [0.3, 0.4) is 0 Å². The Morgan fingerprint density at radius 3 is 2.63 bits per heavy atom.